The van der Waals surface area contributed by atoms with Crippen LogP contribution in [0.25, 0.3) is 0 Å². The third-order valence-electron chi connectivity index (χ3n) is 3.22. The number of aromatic hydroxyl groups is 1. The van der Waals surface area contributed by atoms with Crippen LogP contribution in [0.4, 0.5) is 0 Å². The minimum absolute atomic E-state index is 0.0270. The van der Waals surface area contributed by atoms with Crippen LogP contribution in [-0.4, -0.2) is 57.8 Å². The molecule has 132 valence electrons. The fourth-order valence-electron chi connectivity index (χ4n) is 1.84. The summed E-state index contributed by atoms with van der Waals surface area (Å²) >= 11 is 0. The van der Waals surface area contributed by atoms with Crippen LogP contribution >= 0.6 is 0 Å². The molecule has 1 aromatic rings. The van der Waals surface area contributed by atoms with Gasteiger partial charge in [0.15, 0.2) is 0 Å². The van der Waals surface area contributed by atoms with Gasteiger partial charge in [-0.1, -0.05) is 12.1 Å². The van der Waals surface area contributed by atoms with Gasteiger partial charge in [-0.2, -0.15) is 0 Å². The normalized spacial score (nSPS) is 14.3. The topological polar surface area (TPSA) is 162 Å². The molecule has 0 aromatic heterocycles. The molecule has 2 amide bonds. The monoisotopic (exact) mass is 339 g/mol. The Labute approximate surface area is 138 Å². The summed E-state index contributed by atoms with van der Waals surface area (Å²) in [4.78, 5) is 34.9. The number of nitrogens with one attached hydrogen (secondary N) is 2. The average molecular weight is 339 g/mol. The minimum Gasteiger partial charge on any atom is -0.508 e. The first kappa shape index (κ1) is 19.4. The lowest BCUT2D eigenvalue weighted by atomic mass is 10.1. The Morgan fingerprint density at radius 1 is 1.08 bits per heavy atom. The smallest absolute Gasteiger partial charge is 0.326 e. The number of benzene rings is 1. The summed E-state index contributed by atoms with van der Waals surface area (Å²) in [7, 11) is 0. The zero-order valence-electron chi connectivity index (χ0n) is 13.1. The molecule has 0 spiro atoms. The Morgan fingerprint density at radius 3 is 2.08 bits per heavy atom. The molecule has 0 saturated heterocycles. The van der Waals surface area contributed by atoms with Crippen molar-refractivity contribution in [1.29, 1.82) is 0 Å². The van der Waals surface area contributed by atoms with Gasteiger partial charge in [-0.25, -0.2) is 4.79 Å². The first-order chi connectivity index (χ1) is 11.2. The van der Waals surface area contributed by atoms with E-state index >= 15 is 0 Å². The highest BCUT2D eigenvalue weighted by atomic mass is 16.4. The zero-order valence-corrected chi connectivity index (χ0v) is 13.1. The lowest BCUT2D eigenvalue weighted by molar-refractivity contribution is -0.142. The van der Waals surface area contributed by atoms with E-state index in [4.69, 9.17) is 5.73 Å². The maximum Gasteiger partial charge on any atom is 0.326 e. The number of nitrogens with two attached hydrogens (primary N) is 1. The molecule has 0 unspecified atom stereocenters. The standard InChI is InChI=1S/C15H21N3O6/c1-8(16)13(21)18-12(7-19)14(22)17-11(15(23)24)6-9-2-4-10(20)5-3-9/h2-5,8,11-12,19-20H,6-7,16H2,1H3,(H,17,22)(H,18,21)(H,23,24)/t8-,11-,12-/m0/s1. The molecule has 1 rings (SSSR count). The molecule has 1 aromatic carbocycles. The summed E-state index contributed by atoms with van der Waals surface area (Å²) in [5.74, 6) is -2.72. The van der Waals surface area contributed by atoms with Gasteiger partial charge < -0.3 is 31.7 Å². The van der Waals surface area contributed by atoms with E-state index in [0.29, 0.717) is 5.56 Å². The molecule has 0 saturated carbocycles. The molecule has 0 aliphatic heterocycles. The van der Waals surface area contributed by atoms with E-state index in [2.05, 4.69) is 10.6 Å². The fraction of sp³-hybridized carbons (Fsp3) is 0.400. The molecule has 9 nitrogen and oxygen atoms in total. The number of phenols is 1. The summed E-state index contributed by atoms with van der Waals surface area (Å²) in [6.45, 7) is 0.711. The first-order valence-corrected chi connectivity index (χ1v) is 7.22. The Balaban J connectivity index is 2.75. The second kappa shape index (κ2) is 8.85. The van der Waals surface area contributed by atoms with E-state index < -0.39 is 42.5 Å². The van der Waals surface area contributed by atoms with Crippen LogP contribution in [0.5, 0.6) is 5.75 Å². The number of rotatable bonds is 8. The largest absolute Gasteiger partial charge is 0.508 e. The van der Waals surface area contributed by atoms with Crippen molar-refractivity contribution in [2.45, 2.75) is 31.5 Å². The van der Waals surface area contributed by atoms with Gasteiger partial charge in [-0.3, -0.25) is 9.59 Å². The van der Waals surface area contributed by atoms with Crippen molar-refractivity contribution in [2.75, 3.05) is 6.61 Å². The van der Waals surface area contributed by atoms with Crippen molar-refractivity contribution in [3.05, 3.63) is 29.8 Å². The average Bonchev–Trinajstić information content (AvgIpc) is 2.53. The number of carbonyl (C=O) groups excluding carboxylic acids is 2. The van der Waals surface area contributed by atoms with Gasteiger partial charge in [0.05, 0.1) is 12.6 Å². The van der Waals surface area contributed by atoms with Crippen LogP contribution in [0.2, 0.25) is 0 Å². The number of carbonyl (C=O) groups is 3. The van der Waals surface area contributed by atoms with Crippen LogP contribution in [0, 0.1) is 0 Å². The van der Waals surface area contributed by atoms with Gasteiger partial charge in [0.1, 0.15) is 17.8 Å². The zero-order chi connectivity index (χ0) is 18.3. The first-order valence-electron chi connectivity index (χ1n) is 7.22. The highest BCUT2D eigenvalue weighted by Gasteiger charge is 2.26. The van der Waals surface area contributed by atoms with E-state index in [9.17, 15) is 29.7 Å². The second-order valence-electron chi connectivity index (χ2n) is 5.30. The van der Waals surface area contributed by atoms with Crippen LogP contribution < -0.4 is 16.4 Å². The minimum atomic E-state index is -1.30. The van der Waals surface area contributed by atoms with Crippen molar-refractivity contribution in [2.24, 2.45) is 5.73 Å². The lowest BCUT2D eigenvalue weighted by Crippen LogP contribution is -2.55. The SMILES string of the molecule is C[C@H](N)C(=O)N[C@@H](CO)C(=O)N[C@@H](Cc1ccc(O)cc1)C(=O)O. The second-order valence-corrected chi connectivity index (χ2v) is 5.30. The number of phenolic OH excluding ortho intramolecular Hbond substituents is 1. The van der Waals surface area contributed by atoms with Crippen molar-refractivity contribution >= 4 is 17.8 Å². The molecule has 0 fully saturated rings. The molecular formula is C15H21N3O6. The van der Waals surface area contributed by atoms with Gasteiger partial charge in [-0.15, -0.1) is 0 Å². The Hall–Kier alpha value is -2.65. The number of hydrogen-bond acceptors (Lipinski definition) is 6. The van der Waals surface area contributed by atoms with Gasteiger partial charge in [0.2, 0.25) is 11.8 Å². The highest BCUT2D eigenvalue weighted by Crippen LogP contribution is 2.11. The molecule has 24 heavy (non-hydrogen) atoms. The number of carboxylic acid groups (broad SMARTS) is 1. The molecule has 0 heterocycles. The predicted molar refractivity (Wildman–Crippen MR) is 84.0 cm³/mol. The number of amides is 2. The van der Waals surface area contributed by atoms with Gasteiger partial charge >= 0.3 is 5.97 Å². The molecule has 0 bridgehead atoms. The van der Waals surface area contributed by atoms with Crippen LogP contribution in [0.15, 0.2) is 24.3 Å². The molecular weight excluding hydrogens is 318 g/mol. The van der Waals surface area contributed by atoms with E-state index in [1.165, 1.54) is 31.2 Å². The van der Waals surface area contributed by atoms with Gasteiger partial charge in [0, 0.05) is 6.42 Å². The summed E-state index contributed by atoms with van der Waals surface area (Å²) in [6, 6.07) is 2.41. The fourth-order valence-corrected chi connectivity index (χ4v) is 1.84. The summed E-state index contributed by atoms with van der Waals surface area (Å²) < 4.78 is 0. The van der Waals surface area contributed by atoms with Crippen LogP contribution in [0.1, 0.15) is 12.5 Å². The highest BCUT2D eigenvalue weighted by molar-refractivity contribution is 5.91. The number of aliphatic hydroxyl groups excluding tert-OH is 1. The molecule has 7 N–H and O–H groups in total. The van der Waals surface area contributed by atoms with Crippen LogP contribution in [0.3, 0.4) is 0 Å². The van der Waals surface area contributed by atoms with Gasteiger partial charge in [-0.05, 0) is 24.6 Å². The molecule has 9 heteroatoms. The van der Waals surface area contributed by atoms with Crippen LogP contribution in [-0.2, 0) is 20.8 Å². The van der Waals surface area contributed by atoms with E-state index in [0.717, 1.165) is 0 Å². The maximum absolute atomic E-state index is 12.1. The summed E-state index contributed by atoms with van der Waals surface area (Å²) in [5.41, 5.74) is 5.95. The molecule has 0 aliphatic carbocycles. The Morgan fingerprint density at radius 2 is 1.62 bits per heavy atom. The lowest BCUT2D eigenvalue weighted by Gasteiger charge is -2.20. The quantitative estimate of drug-likeness (QED) is 0.330. The summed E-state index contributed by atoms with van der Waals surface area (Å²) in [6.07, 6.45) is -0.0270. The third-order valence-corrected chi connectivity index (χ3v) is 3.22. The third kappa shape index (κ3) is 5.86. The number of carboxylic acids is 1. The molecule has 0 aliphatic rings. The maximum atomic E-state index is 12.1. The van der Waals surface area contributed by atoms with Crippen molar-refractivity contribution < 1.29 is 29.7 Å². The number of aliphatic hydroxyl groups is 1. The van der Waals surface area contributed by atoms with Crippen molar-refractivity contribution in [1.82, 2.24) is 10.6 Å². The summed E-state index contributed by atoms with van der Waals surface area (Å²) in [5, 5.41) is 32.1. The van der Waals surface area contributed by atoms with Crippen molar-refractivity contribution in [3.63, 3.8) is 0 Å². The van der Waals surface area contributed by atoms with Crippen molar-refractivity contribution in [3.8, 4) is 5.75 Å². The Kier molecular flexibility index (Phi) is 7.15. The Bertz CT molecular complexity index is 587. The number of hydrogen-bond donors (Lipinski definition) is 6. The van der Waals surface area contributed by atoms with Gasteiger partial charge in [0.25, 0.3) is 0 Å². The van der Waals surface area contributed by atoms with E-state index in [-0.39, 0.29) is 12.2 Å². The predicted octanol–water partition coefficient (Wildman–Crippen LogP) is -1.67. The van der Waals surface area contributed by atoms with E-state index in [1.807, 2.05) is 0 Å². The van der Waals surface area contributed by atoms with E-state index in [1.54, 1.807) is 0 Å². The number of aliphatic carboxylic acids is 1. The molecule has 3 atom stereocenters. The molecule has 0 radical (unpaired) electrons.